The van der Waals surface area contributed by atoms with Crippen LogP contribution in [0.2, 0.25) is 0 Å². The second-order valence-electron chi connectivity index (χ2n) is 9.84. The first-order chi connectivity index (χ1) is 18.3. The summed E-state index contributed by atoms with van der Waals surface area (Å²) < 4.78 is 1.22. The number of benzene rings is 2. The molecule has 0 bridgehead atoms. The second kappa shape index (κ2) is 15.9. The van der Waals surface area contributed by atoms with Crippen LogP contribution in [0.15, 0.2) is 72.6 Å². The number of ketones is 1. The number of hydrogen-bond acceptors (Lipinski definition) is 4. The van der Waals surface area contributed by atoms with E-state index in [0.29, 0.717) is 0 Å². The molecule has 1 N–H and O–H groups in total. The molecule has 5 heteroatoms. The molecule has 2 aromatic carbocycles. The maximum absolute atomic E-state index is 11.7. The van der Waals surface area contributed by atoms with E-state index < -0.39 is 0 Å². The molecular formula is C34H40IrNO2S-. The summed E-state index contributed by atoms with van der Waals surface area (Å²) >= 11 is 1.79. The Morgan fingerprint density at radius 3 is 2.18 bits per heavy atom. The smallest absolute Gasteiger partial charge is 0.162 e. The van der Waals surface area contributed by atoms with E-state index in [-0.39, 0.29) is 43.5 Å². The summed E-state index contributed by atoms with van der Waals surface area (Å²) in [5, 5.41) is 11.0. The van der Waals surface area contributed by atoms with Gasteiger partial charge < -0.3 is 10.1 Å². The van der Waals surface area contributed by atoms with Gasteiger partial charge in [0.1, 0.15) is 0 Å². The van der Waals surface area contributed by atoms with E-state index in [1.807, 2.05) is 40.0 Å². The zero-order valence-corrected chi connectivity index (χ0v) is 27.1. The monoisotopic (exact) mass is 719 g/mol. The van der Waals surface area contributed by atoms with Gasteiger partial charge in [0.2, 0.25) is 0 Å². The zero-order valence-electron chi connectivity index (χ0n) is 23.9. The van der Waals surface area contributed by atoms with E-state index in [9.17, 15) is 9.90 Å². The van der Waals surface area contributed by atoms with Crippen LogP contribution in [0, 0.1) is 31.7 Å². The van der Waals surface area contributed by atoms with Crippen molar-refractivity contribution in [1.29, 1.82) is 0 Å². The summed E-state index contributed by atoms with van der Waals surface area (Å²) in [4.78, 5) is 17.6. The SMILES string of the molecule is CCC(CC)C(=O)/C=C(\O)C(CC)CC.Cc1[c-]c(-c2cc3cc(-c4ccccc4)sc3cn2)cc(C)c1.[Ir]. The number of carbonyl (C=O) groups is 1. The van der Waals surface area contributed by atoms with Crippen molar-refractivity contribution in [1.82, 2.24) is 4.98 Å². The summed E-state index contributed by atoms with van der Waals surface area (Å²) in [6, 6.07) is 22.6. The van der Waals surface area contributed by atoms with E-state index in [4.69, 9.17) is 0 Å². The van der Waals surface area contributed by atoms with Crippen LogP contribution in [0.1, 0.15) is 64.5 Å². The predicted octanol–water partition coefficient (Wildman–Crippen LogP) is 9.91. The summed E-state index contributed by atoms with van der Waals surface area (Å²) in [7, 11) is 0. The minimum atomic E-state index is 0. The van der Waals surface area contributed by atoms with Gasteiger partial charge in [-0.15, -0.1) is 46.2 Å². The van der Waals surface area contributed by atoms with Crippen LogP contribution < -0.4 is 0 Å². The van der Waals surface area contributed by atoms with Gasteiger partial charge in [0, 0.05) is 49.1 Å². The number of aryl methyl sites for hydroxylation is 2. The van der Waals surface area contributed by atoms with Gasteiger partial charge in [0.05, 0.1) is 10.5 Å². The number of aliphatic hydroxyl groups excluding tert-OH is 1. The van der Waals surface area contributed by atoms with Crippen molar-refractivity contribution < 1.29 is 30.0 Å². The number of nitrogens with zero attached hydrogens (tertiary/aromatic N) is 1. The van der Waals surface area contributed by atoms with Gasteiger partial charge in [-0.3, -0.25) is 4.79 Å². The Labute approximate surface area is 251 Å². The molecule has 2 aromatic heterocycles. The van der Waals surface area contributed by atoms with Crippen LogP contribution in [-0.2, 0) is 24.9 Å². The van der Waals surface area contributed by atoms with Crippen molar-refractivity contribution in [2.75, 3.05) is 0 Å². The summed E-state index contributed by atoms with van der Waals surface area (Å²) in [6.07, 6.45) is 6.89. The molecule has 1 radical (unpaired) electrons. The third-order valence-electron chi connectivity index (χ3n) is 6.97. The van der Waals surface area contributed by atoms with E-state index >= 15 is 0 Å². The second-order valence-corrected chi connectivity index (χ2v) is 10.9. The number of fused-ring (bicyclic) bond motifs is 1. The van der Waals surface area contributed by atoms with Crippen LogP contribution in [0.3, 0.4) is 0 Å². The molecule has 0 unspecified atom stereocenters. The van der Waals surface area contributed by atoms with E-state index in [1.54, 1.807) is 11.3 Å². The Bertz CT molecular complexity index is 1350. The first-order valence-electron chi connectivity index (χ1n) is 13.7. The Morgan fingerprint density at radius 2 is 1.59 bits per heavy atom. The molecule has 0 atom stereocenters. The molecule has 0 saturated carbocycles. The number of rotatable bonds is 9. The fourth-order valence-corrected chi connectivity index (χ4v) is 5.67. The van der Waals surface area contributed by atoms with Gasteiger partial charge in [-0.2, -0.15) is 0 Å². The van der Waals surface area contributed by atoms with Crippen molar-refractivity contribution in [3.05, 3.63) is 89.8 Å². The number of pyridine rings is 1. The van der Waals surface area contributed by atoms with Gasteiger partial charge in [-0.25, -0.2) is 0 Å². The first-order valence-corrected chi connectivity index (χ1v) is 14.5. The number of thiophene rings is 1. The fraction of sp³-hybridized carbons (Fsp3) is 0.353. The molecule has 4 rings (SSSR count). The third-order valence-corrected chi connectivity index (χ3v) is 8.10. The number of aromatic nitrogens is 1. The molecule has 0 amide bonds. The molecule has 0 spiro atoms. The molecule has 0 aliphatic rings. The number of aliphatic hydroxyl groups is 1. The predicted molar refractivity (Wildman–Crippen MR) is 163 cm³/mol. The minimum Gasteiger partial charge on any atom is -0.512 e. The number of carbonyl (C=O) groups excluding carboxylic acids is 1. The van der Waals surface area contributed by atoms with Gasteiger partial charge in [0.25, 0.3) is 0 Å². The standard InChI is InChI=1S/C21H16NS.C13H24O2.Ir/c1-14-8-15(2)10-17(9-14)19-11-18-12-20(23-21(18)13-22-19)16-6-4-3-5-7-16;1-5-10(6-2)12(14)9-13(15)11(7-3)8-4;/h3-9,11-13H,1-2H3;9-11,14H,5-8H2,1-4H3;/q-1;;/b;12-9-;. The quantitative estimate of drug-likeness (QED) is 0.107. The zero-order chi connectivity index (χ0) is 27.7. The fourth-order valence-electron chi connectivity index (χ4n) is 4.65. The van der Waals surface area contributed by atoms with Gasteiger partial charge in [0.15, 0.2) is 5.78 Å². The number of allylic oxidation sites excluding steroid dienone is 2. The third kappa shape index (κ3) is 8.96. The average molecular weight is 719 g/mol. The number of hydrogen-bond donors (Lipinski definition) is 1. The van der Waals surface area contributed by atoms with Crippen LogP contribution in [-0.4, -0.2) is 15.9 Å². The maximum atomic E-state index is 11.7. The summed E-state index contributed by atoms with van der Waals surface area (Å²) in [5.41, 5.74) is 5.71. The Kier molecular flexibility index (Phi) is 13.3. The Balaban J connectivity index is 0.000000294. The molecule has 2 heterocycles. The summed E-state index contributed by atoms with van der Waals surface area (Å²) in [5.74, 6) is 0.547. The molecule has 0 saturated heterocycles. The Morgan fingerprint density at radius 1 is 0.949 bits per heavy atom. The molecule has 0 fully saturated rings. The van der Waals surface area contributed by atoms with Crippen molar-refractivity contribution in [3.63, 3.8) is 0 Å². The normalized spacial score (nSPS) is 11.3. The maximum Gasteiger partial charge on any atom is 0.162 e. The molecule has 39 heavy (non-hydrogen) atoms. The van der Waals surface area contributed by atoms with Gasteiger partial charge in [-0.05, 0) is 48.4 Å². The molecule has 4 aromatic rings. The molecule has 0 aliphatic heterocycles. The van der Waals surface area contributed by atoms with Gasteiger partial charge in [-0.1, -0.05) is 77.9 Å². The summed E-state index contributed by atoms with van der Waals surface area (Å²) in [6.45, 7) is 12.3. The Hall–Kier alpha value is -2.59. The van der Waals surface area contributed by atoms with Gasteiger partial charge >= 0.3 is 0 Å². The topological polar surface area (TPSA) is 50.2 Å². The van der Waals surface area contributed by atoms with Crippen molar-refractivity contribution >= 4 is 27.2 Å². The molecule has 3 nitrogen and oxygen atoms in total. The minimum absolute atomic E-state index is 0. The van der Waals surface area contributed by atoms with Crippen molar-refractivity contribution in [2.45, 2.75) is 67.2 Å². The first kappa shape index (κ1) is 32.6. The van der Waals surface area contributed by atoms with E-state index in [2.05, 4.69) is 73.4 Å². The molecular weight excluding hydrogens is 679 g/mol. The van der Waals surface area contributed by atoms with Crippen LogP contribution in [0.25, 0.3) is 31.8 Å². The molecule has 0 aliphatic carbocycles. The largest absolute Gasteiger partial charge is 0.512 e. The van der Waals surface area contributed by atoms with E-state index in [0.717, 1.165) is 42.5 Å². The average Bonchev–Trinajstić information content (AvgIpc) is 3.34. The van der Waals surface area contributed by atoms with Crippen LogP contribution >= 0.6 is 11.3 Å². The van der Waals surface area contributed by atoms with Crippen LogP contribution in [0.4, 0.5) is 0 Å². The van der Waals surface area contributed by atoms with E-state index in [1.165, 1.54) is 32.2 Å². The van der Waals surface area contributed by atoms with Crippen molar-refractivity contribution in [3.8, 4) is 21.7 Å². The van der Waals surface area contributed by atoms with Crippen LogP contribution in [0.5, 0.6) is 0 Å². The molecule has 209 valence electrons. The van der Waals surface area contributed by atoms with Crippen molar-refractivity contribution in [2.24, 2.45) is 11.8 Å².